The zero-order valence-electron chi connectivity index (χ0n) is 23.4. The van der Waals surface area contributed by atoms with Crippen LogP contribution in [-0.2, 0) is 19.5 Å². The minimum Gasteiger partial charge on any atom is -1.00 e. The van der Waals surface area contributed by atoms with Crippen molar-refractivity contribution in [2.24, 2.45) is 0 Å². The van der Waals surface area contributed by atoms with Crippen LogP contribution in [0, 0.1) is 0 Å². The van der Waals surface area contributed by atoms with Gasteiger partial charge in [0.15, 0.2) is 0 Å². The van der Waals surface area contributed by atoms with Crippen molar-refractivity contribution in [1.29, 1.82) is 0 Å². The zero-order chi connectivity index (χ0) is 28.8. The normalized spacial score (nSPS) is 10.7. The molecule has 6 nitrogen and oxygen atoms in total. The number of unbranched alkanes of at least 4 members (excludes halogenated alkanes) is 1. The van der Waals surface area contributed by atoms with E-state index in [9.17, 15) is 19.8 Å². The number of halogens is 1. The predicted molar refractivity (Wildman–Crippen MR) is 159 cm³/mol. The summed E-state index contributed by atoms with van der Waals surface area (Å²) in [7, 11) is 0. The fraction of sp³-hybridized carbons (Fsp3) is 0.171. The lowest BCUT2D eigenvalue weighted by molar-refractivity contribution is -0.695. The Morgan fingerprint density at radius 3 is 1.71 bits per heavy atom. The second-order valence-corrected chi connectivity index (χ2v) is 10.2. The molecule has 0 bridgehead atoms. The summed E-state index contributed by atoms with van der Waals surface area (Å²) in [5, 5.41) is 19.1. The molecule has 0 amide bonds. The monoisotopic (exact) mass is 624 g/mol. The Labute approximate surface area is 256 Å². The minimum absolute atomic E-state index is 0. The lowest BCUT2D eigenvalue weighted by atomic mass is 9.98. The average molecular weight is 626 g/mol. The number of benzene rings is 4. The topological polar surface area (TPSA) is 83.4 Å². The van der Waals surface area contributed by atoms with Gasteiger partial charge >= 0.3 is 11.9 Å². The number of carboxylic acid groups (broad SMARTS) is 2. The number of imidazole rings is 1. The Morgan fingerprint density at radius 1 is 0.714 bits per heavy atom. The van der Waals surface area contributed by atoms with Crippen LogP contribution in [-0.4, -0.2) is 26.7 Å². The van der Waals surface area contributed by atoms with Crippen LogP contribution in [0.15, 0.2) is 109 Å². The van der Waals surface area contributed by atoms with Gasteiger partial charge in [0, 0.05) is 6.42 Å². The highest BCUT2D eigenvalue weighted by atomic mass is 79.9. The summed E-state index contributed by atoms with van der Waals surface area (Å²) in [6.07, 6.45) is 7.38. The van der Waals surface area contributed by atoms with E-state index in [-0.39, 0.29) is 17.0 Å². The number of carboxylic acids is 2. The maximum Gasteiger partial charge on any atom is 0.336 e. The highest BCUT2D eigenvalue weighted by molar-refractivity contribution is 5.96. The number of nitrogens with zero attached hydrogens (tertiary/aromatic N) is 2. The molecule has 2 N–H and O–H groups in total. The molecule has 42 heavy (non-hydrogen) atoms. The first-order chi connectivity index (χ1) is 19.9. The van der Waals surface area contributed by atoms with Crippen LogP contribution in [0.1, 0.15) is 57.4 Å². The first-order valence-electron chi connectivity index (χ1n) is 13.9. The molecule has 7 heteroatoms. The van der Waals surface area contributed by atoms with E-state index in [2.05, 4.69) is 52.7 Å². The number of hydrogen-bond donors (Lipinski definition) is 2. The van der Waals surface area contributed by atoms with Crippen LogP contribution in [0.5, 0.6) is 0 Å². The molecule has 214 valence electrons. The van der Waals surface area contributed by atoms with E-state index in [1.165, 1.54) is 5.82 Å². The van der Waals surface area contributed by atoms with E-state index in [0.717, 1.165) is 54.6 Å². The van der Waals surface area contributed by atoms with E-state index in [4.69, 9.17) is 0 Å². The Kier molecular flexibility index (Phi) is 10.1. The summed E-state index contributed by atoms with van der Waals surface area (Å²) < 4.78 is 4.57. The number of hydrogen-bond acceptors (Lipinski definition) is 2. The molecule has 1 aromatic heterocycles. The van der Waals surface area contributed by atoms with Gasteiger partial charge in [-0.25, -0.2) is 18.7 Å². The molecule has 0 spiro atoms. The van der Waals surface area contributed by atoms with Crippen LogP contribution in [0.25, 0.3) is 22.3 Å². The Balaban J connectivity index is 0.00000405. The predicted octanol–water partition coefficient (Wildman–Crippen LogP) is 3.95. The molecule has 0 radical (unpaired) electrons. The second-order valence-electron chi connectivity index (χ2n) is 10.2. The summed E-state index contributed by atoms with van der Waals surface area (Å²) in [6, 6.07) is 30.4. The lowest BCUT2D eigenvalue weighted by Crippen LogP contribution is -3.00. The first kappa shape index (κ1) is 30.5. The molecule has 0 saturated heterocycles. The van der Waals surface area contributed by atoms with Crippen LogP contribution >= 0.6 is 0 Å². The SMILES string of the molecule is CCCCc1n(Cc2ccc(-c3ccccc3C(=O)O)cc2)cc[n+]1Cc1ccc(-c2ccccc2C(=O)O)cc1.[Br-]. The summed E-state index contributed by atoms with van der Waals surface area (Å²) in [4.78, 5) is 23.3. The molecule has 0 unspecified atom stereocenters. The van der Waals surface area contributed by atoms with Crippen LogP contribution in [0.4, 0.5) is 0 Å². The van der Waals surface area contributed by atoms with Crippen LogP contribution < -0.4 is 21.5 Å². The molecule has 0 aliphatic rings. The van der Waals surface area contributed by atoms with E-state index in [1.54, 1.807) is 24.3 Å². The maximum atomic E-state index is 11.7. The maximum absolute atomic E-state index is 11.7. The fourth-order valence-electron chi connectivity index (χ4n) is 5.22. The molecule has 0 atom stereocenters. The van der Waals surface area contributed by atoms with Gasteiger partial charge in [0.2, 0.25) is 0 Å². The third kappa shape index (κ3) is 6.86. The largest absolute Gasteiger partial charge is 1.00 e. The molecule has 0 saturated carbocycles. The van der Waals surface area contributed by atoms with Gasteiger partial charge in [-0.15, -0.1) is 0 Å². The number of aromatic carboxylic acids is 2. The highest BCUT2D eigenvalue weighted by Crippen LogP contribution is 2.26. The molecule has 4 aromatic carbocycles. The summed E-state index contributed by atoms with van der Waals surface area (Å²) in [5.41, 5.74) is 6.08. The Hall–Kier alpha value is -4.49. The van der Waals surface area contributed by atoms with E-state index < -0.39 is 11.9 Å². The lowest BCUT2D eigenvalue weighted by Gasteiger charge is -2.09. The van der Waals surface area contributed by atoms with Gasteiger partial charge in [-0.2, -0.15) is 0 Å². The van der Waals surface area contributed by atoms with Gasteiger partial charge in [0.25, 0.3) is 5.82 Å². The van der Waals surface area contributed by atoms with E-state index in [0.29, 0.717) is 22.3 Å². The van der Waals surface area contributed by atoms with Crippen molar-refractivity contribution >= 4 is 11.9 Å². The summed E-state index contributed by atoms with van der Waals surface area (Å²) in [5.74, 6) is -0.615. The fourth-order valence-corrected chi connectivity index (χ4v) is 5.22. The van der Waals surface area contributed by atoms with Crippen molar-refractivity contribution in [2.45, 2.75) is 39.3 Å². The molecule has 0 fully saturated rings. The Morgan fingerprint density at radius 2 is 1.21 bits per heavy atom. The molecule has 5 aromatic rings. The molecule has 1 heterocycles. The van der Waals surface area contributed by atoms with Gasteiger partial charge in [-0.1, -0.05) is 98.3 Å². The second kappa shape index (κ2) is 13.9. The molecule has 5 rings (SSSR count). The summed E-state index contributed by atoms with van der Waals surface area (Å²) in [6.45, 7) is 3.63. The molecule has 0 aliphatic carbocycles. The zero-order valence-corrected chi connectivity index (χ0v) is 25.0. The molecular formula is C35H33BrN2O4. The standard InChI is InChI=1S/C35H32N2O4.BrH/c1-2-3-12-33-36(23-25-13-17-27(18-14-25)29-8-4-6-10-31(29)34(38)39)21-22-37(33)24-26-15-19-28(20-16-26)30-9-5-7-11-32(30)35(40)41;/h4-11,13-22H,2-3,12,23-24H2,1H3,(H-,38,39,40,41);1H. The van der Waals surface area contributed by atoms with Crippen molar-refractivity contribution in [3.05, 3.63) is 138 Å². The minimum atomic E-state index is -0.929. The van der Waals surface area contributed by atoms with Gasteiger partial charge < -0.3 is 27.2 Å². The van der Waals surface area contributed by atoms with Gasteiger partial charge in [-0.05, 0) is 51.9 Å². The van der Waals surface area contributed by atoms with E-state index >= 15 is 0 Å². The quantitative estimate of drug-likeness (QED) is 0.218. The van der Waals surface area contributed by atoms with Gasteiger partial charge in [0.1, 0.15) is 25.5 Å². The van der Waals surface area contributed by atoms with Crippen molar-refractivity contribution < 1.29 is 41.4 Å². The van der Waals surface area contributed by atoms with Crippen molar-refractivity contribution in [1.82, 2.24) is 4.57 Å². The van der Waals surface area contributed by atoms with Crippen molar-refractivity contribution in [3.63, 3.8) is 0 Å². The first-order valence-corrected chi connectivity index (χ1v) is 13.9. The third-order valence-electron chi connectivity index (χ3n) is 7.39. The van der Waals surface area contributed by atoms with Crippen molar-refractivity contribution in [3.8, 4) is 22.3 Å². The third-order valence-corrected chi connectivity index (χ3v) is 7.39. The smallest absolute Gasteiger partial charge is 0.336 e. The van der Waals surface area contributed by atoms with Crippen molar-refractivity contribution in [2.75, 3.05) is 0 Å². The summed E-state index contributed by atoms with van der Waals surface area (Å²) >= 11 is 0. The van der Waals surface area contributed by atoms with Crippen LogP contribution in [0.3, 0.4) is 0 Å². The van der Waals surface area contributed by atoms with E-state index in [1.807, 2.05) is 48.5 Å². The highest BCUT2D eigenvalue weighted by Gasteiger charge is 2.18. The Bertz CT molecular complexity index is 1550. The number of aromatic nitrogens is 2. The van der Waals surface area contributed by atoms with Crippen LogP contribution in [0.2, 0.25) is 0 Å². The molecular weight excluding hydrogens is 592 g/mol. The number of carbonyl (C=O) groups is 2. The molecule has 0 aliphatic heterocycles. The van der Waals surface area contributed by atoms with Gasteiger partial charge in [-0.3, -0.25) is 0 Å². The van der Waals surface area contributed by atoms with Gasteiger partial charge in [0.05, 0.1) is 11.1 Å². The average Bonchev–Trinajstić information content (AvgIpc) is 3.37. The number of rotatable bonds is 11.